The first-order valence-corrected chi connectivity index (χ1v) is 10.9. The maximum Gasteiger partial charge on any atom is 0.326 e. The second-order valence-corrected chi connectivity index (χ2v) is 8.46. The molecule has 7 nitrogen and oxygen atoms in total. The number of carbonyl (C=O) groups excluding carboxylic acids is 1. The minimum absolute atomic E-state index is 0.0268. The highest BCUT2D eigenvalue weighted by Gasteiger charge is 2.26. The number of aryl methyl sites for hydroxylation is 1. The van der Waals surface area contributed by atoms with Gasteiger partial charge in [-0.05, 0) is 48.4 Å². The van der Waals surface area contributed by atoms with E-state index in [1.807, 2.05) is 25.1 Å². The summed E-state index contributed by atoms with van der Waals surface area (Å²) in [5.74, 6) is -0.223. The third kappa shape index (κ3) is 6.59. The molecule has 28 heavy (non-hydrogen) atoms. The first-order chi connectivity index (χ1) is 13.4. The molecule has 0 saturated heterocycles. The number of aliphatic hydroxyl groups is 1. The van der Waals surface area contributed by atoms with Gasteiger partial charge in [-0.25, -0.2) is 8.42 Å². The fourth-order valence-corrected chi connectivity index (χ4v) is 3.73. The molecule has 0 fully saturated rings. The molecule has 2 N–H and O–H groups in total. The van der Waals surface area contributed by atoms with Gasteiger partial charge in [0.2, 0.25) is 10.0 Å². The second-order valence-electron chi connectivity index (χ2n) is 5.83. The van der Waals surface area contributed by atoms with Crippen LogP contribution in [-0.2, 0) is 26.0 Å². The average Bonchev–Trinajstić information content (AvgIpc) is 2.69. The number of hydrogen-bond donors (Lipinski definition) is 2. The van der Waals surface area contributed by atoms with E-state index in [-0.39, 0.29) is 18.1 Å². The number of halogens is 1. The lowest BCUT2D eigenvalue weighted by Gasteiger charge is -2.16. The second kappa shape index (κ2) is 10.6. The molecule has 0 spiro atoms. The van der Waals surface area contributed by atoms with Gasteiger partial charge in [0.1, 0.15) is 25.0 Å². The molecule has 0 saturated carbocycles. The lowest BCUT2D eigenvalue weighted by molar-refractivity contribution is -0.147. The zero-order valence-corrected chi connectivity index (χ0v) is 17.7. The normalized spacial score (nSPS) is 12.4. The van der Waals surface area contributed by atoms with Gasteiger partial charge in [0.25, 0.3) is 0 Å². The Morgan fingerprint density at radius 3 is 2.54 bits per heavy atom. The van der Waals surface area contributed by atoms with Crippen molar-refractivity contribution in [2.45, 2.75) is 24.3 Å². The molecule has 1 atom stereocenters. The summed E-state index contributed by atoms with van der Waals surface area (Å²) in [6.07, 6.45) is 0.878. The van der Waals surface area contributed by atoms with Gasteiger partial charge in [-0.2, -0.15) is 4.72 Å². The lowest BCUT2D eigenvalue weighted by atomic mass is 10.2. The topological polar surface area (TPSA) is 102 Å². The number of rotatable bonds is 10. The van der Waals surface area contributed by atoms with Gasteiger partial charge in [0.05, 0.1) is 11.5 Å². The smallest absolute Gasteiger partial charge is 0.326 e. The number of hydrogen-bond acceptors (Lipinski definition) is 6. The van der Waals surface area contributed by atoms with Gasteiger partial charge >= 0.3 is 5.97 Å². The summed E-state index contributed by atoms with van der Waals surface area (Å²) in [6.45, 7) is 1.33. The van der Waals surface area contributed by atoms with Crippen LogP contribution in [0.3, 0.4) is 0 Å². The number of aliphatic hydroxyl groups excluding tert-OH is 1. The summed E-state index contributed by atoms with van der Waals surface area (Å²) in [6, 6.07) is 12.0. The van der Waals surface area contributed by atoms with Crippen LogP contribution in [0.15, 0.2) is 57.9 Å². The van der Waals surface area contributed by atoms with E-state index < -0.39 is 28.6 Å². The largest absolute Gasteiger partial charge is 0.490 e. The molecular weight excluding hydrogens is 450 g/mol. The molecule has 0 aliphatic rings. The Morgan fingerprint density at radius 1 is 1.18 bits per heavy atom. The maximum absolute atomic E-state index is 12.3. The molecule has 0 aliphatic heterocycles. The molecule has 2 rings (SSSR count). The molecular formula is C19H22BrNO6S. The highest BCUT2D eigenvalue weighted by atomic mass is 79.9. The van der Waals surface area contributed by atoms with Crippen LogP contribution in [-0.4, -0.2) is 45.4 Å². The van der Waals surface area contributed by atoms with Gasteiger partial charge in [-0.3, -0.25) is 4.79 Å². The van der Waals surface area contributed by atoms with Crippen molar-refractivity contribution in [2.75, 3.05) is 19.8 Å². The Hall–Kier alpha value is -1.94. The highest BCUT2D eigenvalue weighted by Crippen LogP contribution is 2.15. The summed E-state index contributed by atoms with van der Waals surface area (Å²) in [5, 5.41) is 9.38. The van der Waals surface area contributed by atoms with Crippen molar-refractivity contribution in [3.8, 4) is 5.75 Å². The minimum Gasteiger partial charge on any atom is -0.490 e. The number of nitrogens with one attached hydrogen (secondary N) is 1. The van der Waals surface area contributed by atoms with Crippen LogP contribution in [0.2, 0.25) is 0 Å². The van der Waals surface area contributed by atoms with E-state index in [4.69, 9.17) is 9.47 Å². The van der Waals surface area contributed by atoms with E-state index in [1.165, 1.54) is 12.1 Å². The van der Waals surface area contributed by atoms with Crippen LogP contribution in [0, 0.1) is 0 Å². The van der Waals surface area contributed by atoms with Crippen molar-refractivity contribution >= 4 is 31.9 Å². The van der Waals surface area contributed by atoms with Crippen LogP contribution in [0.5, 0.6) is 5.75 Å². The zero-order chi connectivity index (χ0) is 20.6. The predicted molar refractivity (Wildman–Crippen MR) is 108 cm³/mol. The van der Waals surface area contributed by atoms with E-state index in [1.54, 1.807) is 18.2 Å². The molecule has 0 amide bonds. The SMILES string of the molecule is CCc1cccc(OCCOC(=O)C(CO)NS(=O)(=O)c2ccc(Br)cc2)c1. The van der Waals surface area contributed by atoms with E-state index in [0.717, 1.165) is 12.0 Å². The Morgan fingerprint density at radius 2 is 1.89 bits per heavy atom. The Bertz CT molecular complexity index is 886. The summed E-state index contributed by atoms with van der Waals surface area (Å²) in [4.78, 5) is 12.1. The van der Waals surface area contributed by atoms with E-state index >= 15 is 0 Å². The zero-order valence-electron chi connectivity index (χ0n) is 15.3. The van der Waals surface area contributed by atoms with E-state index in [2.05, 4.69) is 20.7 Å². The maximum atomic E-state index is 12.3. The number of sulfonamides is 1. The number of carbonyl (C=O) groups is 1. The molecule has 2 aromatic rings. The standard InChI is InChI=1S/C19H22BrNO6S/c1-2-14-4-3-5-16(12-14)26-10-11-27-19(23)18(13-22)21-28(24,25)17-8-6-15(20)7-9-17/h3-9,12,18,21-22H,2,10-11,13H2,1H3. The number of esters is 1. The summed E-state index contributed by atoms with van der Waals surface area (Å²) < 4.78 is 38.0. The number of ether oxygens (including phenoxy) is 2. The van der Waals surface area contributed by atoms with Gasteiger partial charge in [-0.1, -0.05) is 35.0 Å². The summed E-state index contributed by atoms with van der Waals surface area (Å²) >= 11 is 3.22. The molecule has 2 aromatic carbocycles. The molecule has 1 unspecified atom stereocenters. The third-order valence-corrected chi connectivity index (χ3v) is 5.81. The molecule has 0 aromatic heterocycles. The first-order valence-electron chi connectivity index (χ1n) is 8.63. The average molecular weight is 472 g/mol. The Balaban J connectivity index is 1.86. The van der Waals surface area contributed by atoms with Crippen LogP contribution in [0.1, 0.15) is 12.5 Å². The lowest BCUT2D eigenvalue weighted by Crippen LogP contribution is -2.44. The first kappa shape index (κ1) is 22.4. The van der Waals surface area contributed by atoms with Crippen LogP contribution in [0.25, 0.3) is 0 Å². The van der Waals surface area contributed by atoms with Crippen LogP contribution < -0.4 is 9.46 Å². The van der Waals surface area contributed by atoms with Gasteiger partial charge in [-0.15, -0.1) is 0 Å². The van der Waals surface area contributed by atoms with Gasteiger partial charge in [0, 0.05) is 4.47 Å². The fraction of sp³-hybridized carbons (Fsp3) is 0.316. The van der Waals surface area contributed by atoms with E-state index in [0.29, 0.717) is 10.2 Å². The van der Waals surface area contributed by atoms with Crippen LogP contribution >= 0.6 is 15.9 Å². The molecule has 9 heteroatoms. The quantitative estimate of drug-likeness (QED) is 0.407. The van der Waals surface area contributed by atoms with Crippen molar-refractivity contribution in [1.29, 1.82) is 0 Å². The highest BCUT2D eigenvalue weighted by molar-refractivity contribution is 9.10. The predicted octanol–water partition coefficient (Wildman–Crippen LogP) is 2.27. The Kier molecular flexibility index (Phi) is 8.43. The molecule has 0 aliphatic carbocycles. The van der Waals surface area contributed by atoms with Crippen molar-refractivity contribution in [1.82, 2.24) is 4.72 Å². The monoisotopic (exact) mass is 471 g/mol. The van der Waals surface area contributed by atoms with E-state index in [9.17, 15) is 18.3 Å². The van der Waals surface area contributed by atoms with Crippen molar-refractivity contribution in [2.24, 2.45) is 0 Å². The van der Waals surface area contributed by atoms with Gasteiger partial charge < -0.3 is 14.6 Å². The minimum atomic E-state index is -3.98. The van der Waals surface area contributed by atoms with Crippen molar-refractivity contribution in [3.05, 3.63) is 58.6 Å². The summed E-state index contributed by atoms with van der Waals surface area (Å²) in [5.41, 5.74) is 1.12. The molecule has 152 valence electrons. The number of benzene rings is 2. The molecule has 0 heterocycles. The molecule has 0 bridgehead atoms. The third-order valence-electron chi connectivity index (χ3n) is 3.79. The van der Waals surface area contributed by atoms with Crippen LogP contribution in [0.4, 0.5) is 0 Å². The fourth-order valence-electron chi connectivity index (χ4n) is 2.29. The summed E-state index contributed by atoms with van der Waals surface area (Å²) in [7, 11) is -3.98. The Labute approximate surface area is 172 Å². The molecule has 0 radical (unpaired) electrons. The van der Waals surface area contributed by atoms with Crippen molar-refractivity contribution in [3.63, 3.8) is 0 Å². The van der Waals surface area contributed by atoms with Crippen molar-refractivity contribution < 1.29 is 27.8 Å². The van der Waals surface area contributed by atoms with Gasteiger partial charge in [0.15, 0.2) is 0 Å².